The summed E-state index contributed by atoms with van der Waals surface area (Å²) in [6, 6.07) is 4.48. The normalized spacial score (nSPS) is 26.1. The first-order chi connectivity index (χ1) is 11.3. The third-order valence-electron chi connectivity index (χ3n) is 5.40. The van der Waals surface area contributed by atoms with Gasteiger partial charge in [-0.3, -0.25) is 0 Å². The SMILES string of the molecule is CCN1CCCC(Cn2c(C3CCCN3)nc3cccnc32)C1. The van der Waals surface area contributed by atoms with E-state index in [4.69, 9.17) is 4.98 Å². The highest BCUT2D eigenvalue weighted by Crippen LogP contribution is 2.28. The van der Waals surface area contributed by atoms with Crippen LogP contribution >= 0.6 is 0 Å². The second-order valence-electron chi connectivity index (χ2n) is 6.98. The van der Waals surface area contributed by atoms with E-state index in [-0.39, 0.29) is 0 Å². The third-order valence-corrected chi connectivity index (χ3v) is 5.40. The second kappa shape index (κ2) is 6.57. The molecule has 5 nitrogen and oxygen atoms in total. The van der Waals surface area contributed by atoms with Crippen molar-refractivity contribution in [1.82, 2.24) is 24.8 Å². The zero-order valence-electron chi connectivity index (χ0n) is 14.0. The molecule has 4 rings (SSSR count). The fraction of sp³-hybridized carbons (Fsp3) is 0.667. The van der Waals surface area contributed by atoms with Gasteiger partial charge in [0.15, 0.2) is 5.65 Å². The molecule has 2 atom stereocenters. The topological polar surface area (TPSA) is 46.0 Å². The molecule has 0 bridgehead atoms. The zero-order chi connectivity index (χ0) is 15.6. The highest BCUT2D eigenvalue weighted by atomic mass is 15.2. The predicted octanol–water partition coefficient (Wildman–Crippen LogP) is 2.59. The van der Waals surface area contributed by atoms with Gasteiger partial charge in [-0.1, -0.05) is 6.92 Å². The maximum absolute atomic E-state index is 4.92. The summed E-state index contributed by atoms with van der Waals surface area (Å²) in [4.78, 5) is 12.1. The van der Waals surface area contributed by atoms with E-state index in [1.54, 1.807) is 0 Å². The van der Waals surface area contributed by atoms with Gasteiger partial charge in [-0.15, -0.1) is 0 Å². The van der Waals surface area contributed by atoms with Crippen LogP contribution in [0.3, 0.4) is 0 Å². The average molecular weight is 313 g/mol. The fourth-order valence-electron chi connectivity index (χ4n) is 4.17. The number of aromatic nitrogens is 3. The van der Waals surface area contributed by atoms with Gasteiger partial charge in [0.05, 0.1) is 6.04 Å². The van der Waals surface area contributed by atoms with Crippen molar-refractivity contribution in [2.45, 2.75) is 45.2 Å². The summed E-state index contributed by atoms with van der Waals surface area (Å²) in [5.74, 6) is 1.91. The van der Waals surface area contributed by atoms with Crippen molar-refractivity contribution in [2.24, 2.45) is 5.92 Å². The molecule has 124 valence electrons. The van der Waals surface area contributed by atoms with Crippen LogP contribution in [0.1, 0.15) is 44.5 Å². The van der Waals surface area contributed by atoms with E-state index in [1.165, 1.54) is 44.6 Å². The van der Waals surface area contributed by atoms with Crippen molar-refractivity contribution in [1.29, 1.82) is 0 Å². The molecule has 0 radical (unpaired) electrons. The minimum atomic E-state index is 0.398. The molecule has 0 aromatic carbocycles. The van der Waals surface area contributed by atoms with Gasteiger partial charge in [0.25, 0.3) is 0 Å². The molecule has 2 saturated heterocycles. The van der Waals surface area contributed by atoms with Gasteiger partial charge in [-0.05, 0) is 63.4 Å². The summed E-state index contributed by atoms with van der Waals surface area (Å²) in [5.41, 5.74) is 2.10. The lowest BCUT2D eigenvalue weighted by Gasteiger charge is -2.32. The predicted molar refractivity (Wildman–Crippen MR) is 92.3 cm³/mol. The van der Waals surface area contributed by atoms with Crippen molar-refractivity contribution >= 4 is 11.2 Å². The van der Waals surface area contributed by atoms with Gasteiger partial charge >= 0.3 is 0 Å². The van der Waals surface area contributed by atoms with Crippen molar-refractivity contribution in [3.63, 3.8) is 0 Å². The Balaban J connectivity index is 1.65. The molecular weight excluding hydrogens is 286 g/mol. The Labute approximate surface area is 138 Å². The van der Waals surface area contributed by atoms with Crippen LogP contribution in [0.4, 0.5) is 0 Å². The van der Waals surface area contributed by atoms with Crippen LogP contribution in [0.5, 0.6) is 0 Å². The largest absolute Gasteiger partial charge is 0.311 e. The molecule has 2 aliphatic heterocycles. The van der Waals surface area contributed by atoms with E-state index in [2.05, 4.69) is 32.8 Å². The third kappa shape index (κ3) is 3.00. The molecule has 0 saturated carbocycles. The molecule has 0 amide bonds. The van der Waals surface area contributed by atoms with E-state index in [0.717, 1.165) is 30.8 Å². The zero-order valence-corrected chi connectivity index (χ0v) is 14.0. The molecule has 2 aromatic heterocycles. The van der Waals surface area contributed by atoms with Crippen LogP contribution in [0, 0.1) is 5.92 Å². The molecule has 23 heavy (non-hydrogen) atoms. The lowest BCUT2D eigenvalue weighted by atomic mass is 9.98. The lowest BCUT2D eigenvalue weighted by molar-refractivity contribution is 0.169. The number of rotatable bonds is 4. The van der Waals surface area contributed by atoms with Crippen LogP contribution < -0.4 is 5.32 Å². The Hall–Kier alpha value is -1.46. The Bertz CT molecular complexity index is 658. The second-order valence-corrected chi connectivity index (χ2v) is 6.98. The monoisotopic (exact) mass is 313 g/mol. The molecule has 4 heterocycles. The van der Waals surface area contributed by atoms with Crippen LogP contribution in [-0.2, 0) is 6.54 Å². The number of hydrogen-bond donors (Lipinski definition) is 1. The molecule has 5 heteroatoms. The minimum Gasteiger partial charge on any atom is -0.311 e. The molecule has 2 aliphatic rings. The number of fused-ring (bicyclic) bond motifs is 1. The minimum absolute atomic E-state index is 0.398. The van der Waals surface area contributed by atoms with Gasteiger partial charge in [-0.2, -0.15) is 0 Å². The van der Waals surface area contributed by atoms with Crippen LogP contribution in [0.2, 0.25) is 0 Å². The quantitative estimate of drug-likeness (QED) is 0.942. The van der Waals surface area contributed by atoms with Crippen molar-refractivity contribution in [3.05, 3.63) is 24.2 Å². The summed E-state index contributed by atoms with van der Waals surface area (Å²) < 4.78 is 2.40. The smallest absolute Gasteiger partial charge is 0.160 e. The molecule has 2 aromatic rings. The van der Waals surface area contributed by atoms with Gasteiger partial charge in [0.2, 0.25) is 0 Å². The summed E-state index contributed by atoms with van der Waals surface area (Å²) in [6.45, 7) is 8.06. The molecule has 0 aliphatic carbocycles. The number of hydrogen-bond acceptors (Lipinski definition) is 4. The Morgan fingerprint density at radius 2 is 2.26 bits per heavy atom. The average Bonchev–Trinajstić information content (AvgIpc) is 3.23. The number of nitrogens with zero attached hydrogens (tertiary/aromatic N) is 4. The number of likely N-dealkylation sites (tertiary alicyclic amines) is 1. The molecule has 2 fully saturated rings. The van der Waals surface area contributed by atoms with E-state index >= 15 is 0 Å². The van der Waals surface area contributed by atoms with Gasteiger partial charge < -0.3 is 14.8 Å². The number of nitrogens with one attached hydrogen (secondary N) is 1. The standard InChI is InChI=1S/C18H27N5/c1-2-22-11-5-6-14(12-22)13-23-17-16(8-4-10-20-17)21-18(23)15-7-3-9-19-15/h4,8,10,14-15,19H,2-3,5-7,9,11-13H2,1H3. The summed E-state index contributed by atoms with van der Waals surface area (Å²) in [6.07, 6.45) is 6.96. The Morgan fingerprint density at radius 3 is 3.09 bits per heavy atom. The van der Waals surface area contributed by atoms with Crippen LogP contribution in [0.15, 0.2) is 18.3 Å². The molecular formula is C18H27N5. The maximum atomic E-state index is 4.92. The van der Waals surface area contributed by atoms with E-state index < -0.39 is 0 Å². The molecule has 1 N–H and O–H groups in total. The van der Waals surface area contributed by atoms with Gasteiger partial charge in [0.1, 0.15) is 11.3 Å². The lowest BCUT2D eigenvalue weighted by Crippen LogP contribution is -2.37. The van der Waals surface area contributed by atoms with Crippen LogP contribution in [0.25, 0.3) is 11.2 Å². The van der Waals surface area contributed by atoms with Gasteiger partial charge in [-0.25, -0.2) is 9.97 Å². The Morgan fingerprint density at radius 1 is 1.30 bits per heavy atom. The van der Waals surface area contributed by atoms with E-state index in [0.29, 0.717) is 12.0 Å². The molecule has 0 spiro atoms. The first-order valence-corrected chi connectivity index (χ1v) is 9.12. The first-order valence-electron chi connectivity index (χ1n) is 9.12. The van der Waals surface area contributed by atoms with Crippen LogP contribution in [-0.4, -0.2) is 45.6 Å². The highest BCUT2D eigenvalue weighted by Gasteiger charge is 2.26. The maximum Gasteiger partial charge on any atom is 0.160 e. The number of piperidine rings is 1. The van der Waals surface area contributed by atoms with Crippen molar-refractivity contribution in [2.75, 3.05) is 26.2 Å². The number of imidazole rings is 1. The number of pyridine rings is 1. The summed E-state index contributed by atoms with van der Waals surface area (Å²) in [5, 5.41) is 3.61. The molecule has 2 unspecified atom stereocenters. The van der Waals surface area contributed by atoms with Crippen molar-refractivity contribution < 1.29 is 0 Å². The van der Waals surface area contributed by atoms with Crippen molar-refractivity contribution in [3.8, 4) is 0 Å². The first kappa shape index (κ1) is 15.1. The summed E-state index contributed by atoms with van der Waals surface area (Å²) in [7, 11) is 0. The summed E-state index contributed by atoms with van der Waals surface area (Å²) >= 11 is 0. The Kier molecular flexibility index (Phi) is 4.31. The fourth-order valence-corrected chi connectivity index (χ4v) is 4.17. The highest BCUT2D eigenvalue weighted by molar-refractivity contribution is 5.71. The van der Waals surface area contributed by atoms with Gasteiger partial charge in [0, 0.05) is 19.3 Å². The van der Waals surface area contributed by atoms with E-state index in [1.807, 2.05) is 12.3 Å². The van der Waals surface area contributed by atoms with E-state index in [9.17, 15) is 0 Å².